The summed E-state index contributed by atoms with van der Waals surface area (Å²) in [6, 6.07) is 37.0. The lowest BCUT2D eigenvalue weighted by molar-refractivity contribution is 0.438. The normalized spacial score (nSPS) is 14.8. The van der Waals surface area contributed by atoms with Crippen LogP contribution in [0.4, 0.5) is 0 Å². The van der Waals surface area contributed by atoms with Crippen LogP contribution in [0.15, 0.2) is 162 Å². The van der Waals surface area contributed by atoms with E-state index in [-0.39, 0.29) is 6.71 Å². The van der Waals surface area contributed by atoms with Gasteiger partial charge in [-0.05, 0) is 63.6 Å². The minimum Gasteiger partial charge on any atom is -0.457 e. The van der Waals surface area contributed by atoms with Crippen molar-refractivity contribution in [3.05, 3.63) is 185 Å². The van der Waals surface area contributed by atoms with Crippen LogP contribution in [0.1, 0.15) is 56.9 Å². The van der Waals surface area contributed by atoms with E-state index < -0.39 is 5.41 Å². The Kier molecular flexibility index (Phi) is 9.17. The maximum absolute atomic E-state index is 6.96. The molecule has 0 saturated carbocycles. The summed E-state index contributed by atoms with van der Waals surface area (Å²) in [5, 5.41) is 0. The summed E-state index contributed by atoms with van der Waals surface area (Å²) in [6.45, 7) is 14.8. The zero-order valence-corrected chi connectivity index (χ0v) is 26.1. The van der Waals surface area contributed by atoms with Crippen LogP contribution in [0.25, 0.3) is 0 Å². The quantitative estimate of drug-likeness (QED) is 0.129. The second-order valence-corrected chi connectivity index (χ2v) is 11.6. The Morgan fingerprint density at radius 3 is 1.93 bits per heavy atom. The van der Waals surface area contributed by atoms with Crippen molar-refractivity contribution in [3.63, 3.8) is 0 Å². The van der Waals surface area contributed by atoms with Gasteiger partial charge >= 0.3 is 0 Å². The largest absolute Gasteiger partial charge is 0.457 e. The van der Waals surface area contributed by atoms with Crippen LogP contribution in [0.3, 0.4) is 0 Å². The maximum Gasteiger partial charge on any atom is 0.210 e. The van der Waals surface area contributed by atoms with Gasteiger partial charge in [0, 0.05) is 11.1 Å². The highest BCUT2D eigenvalue weighted by atomic mass is 16.5. The number of rotatable bonds is 9. The fraction of sp³-hybridized carbons (Fsp3) is 0.171. The van der Waals surface area contributed by atoms with Gasteiger partial charge in [-0.15, -0.1) is 5.98 Å². The molecule has 0 N–H and O–H groups in total. The summed E-state index contributed by atoms with van der Waals surface area (Å²) in [4.78, 5) is 0. The van der Waals surface area contributed by atoms with Crippen molar-refractivity contribution in [2.45, 2.75) is 46.4 Å². The molecule has 1 aliphatic heterocycles. The maximum atomic E-state index is 6.96. The van der Waals surface area contributed by atoms with Crippen LogP contribution in [-0.4, -0.2) is 6.71 Å². The topological polar surface area (TPSA) is 9.23 Å². The molecule has 0 atom stereocenters. The summed E-state index contributed by atoms with van der Waals surface area (Å²) in [5.74, 6) is 4.23. The lowest BCUT2D eigenvalue weighted by Gasteiger charge is -2.42. The fourth-order valence-corrected chi connectivity index (χ4v) is 6.46. The highest BCUT2D eigenvalue weighted by molar-refractivity contribution is 6.79. The van der Waals surface area contributed by atoms with Gasteiger partial charge in [-0.1, -0.05) is 150 Å². The third-order valence-electron chi connectivity index (χ3n) is 8.48. The van der Waals surface area contributed by atoms with Gasteiger partial charge in [0.05, 0.1) is 5.41 Å². The first-order chi connectivity index (χ1) is 20.9. The molecule has 0 unspecified atom stereocenters. The number of hydrogen-bond donors (Lipinski definition) is 0. The van der Waals surface area contributed by atoms with Gasteiger partial charge in [0.25, 0.3) is 0 Å². The predicted molar refractivity (Wildman–Crippen MR) is 186 cm³/mol. The Hall–Kier alpha value is -4.56. The fourth-order valence-electron chi connectivity index (χ4n) is 6.46. The highest BCUT2D eigenvalue weighted by Crippen LogP contribution is 2.54. The van der Waals surface area contributed by atoms with Crippen LogP contribution in [0.2, 0.25) is 6.32 Å². The average Bonchev–Trinajstić information content (AvgIpc) is 3.03. The van der Waals surface area contributed by atoms with Gasteiger partial charge in [-0.3, -0.25) is 0 Å². The number of ether oxygens (including phenoxy) is 1. The summed E-state index contributed by atoms with van der Waals surface area (Å²) < 4.78 is 6.96. The summed E-state index contributed by atoms with van der Waals surface area (Å²) in [6.07, 6.45) is 9.46. The lowest BCUT2D eigenvalue weighted by Crippen LogP contribution is -2.39. The lowest BCUT2D eigenvalue weighted by atomic mass is 9.40. The van der Waals surface area contributed by atoms with Gasteiger partial charge in [0.15, 0.2) is 0 Å². The molecule has 0 radical (unpaired) electrons. The van der Waals surface area contributed by atoms with Gasteiger partial charge in [-0.25, -0.2) is 0 Å². The Bertz CT molecular complexity index is 1680. The highest BCUT2D eigenvalue weighted by Gasteiger charge is 2.46. The third-order valence-corrected chi connectivity index (χ3v) is 8.48. The van der Waals surface area contributed by atoms with Crippen molar-refractivity contribution in [2.75, 3.05) is 0 Å². The molecule has 0 spiro atoms. The van der Waals surface area contributed by atoms with Crippen LogP contribution in [0.5, 0.6) is 11.5 Å². The molecular weight excluding hydrogens is 519 g/mol. The smallest absolute Gasteiger partial charge is 0.210 e. The van der Waals surface area contributed by atoms with E-state index in [1.54, 1.807) is 0 Å². The first kappa shape index (κ1) is 29.9. The molecule has 5 rings (SSSR count). The van der Waals surface area contributed by atoms with Crippen molar-refractivity contribution >= 4 is 12.2 Å². The van der Waals surface area contributed by atoms with Gasteiger partial charge < -0.3 is 4.74 Å². The van der Waals surface area contributed by atoms with Crippen LogP contribution >= 0.6 is 0 Å². The molecule has 0 bridgehead atoms. The Balaban J connectivity index is 1.82. The van der Waals surface area contributed by atoms with Crippen molar-refractivity contribution in [1.82, 2.24) is 0 Å². The van der Waals surface area contributed by atoms with E-state index in [1.807, 2.05) is 6.08 Å². The Morgan fingerprint density at radius 1 is 0.698 bits per heavy atom. The predicted octanol–water partition coefficient (Wildman–Crippen LogP) is 10.4. The van der Waals surface area contributed by atoms with Crippen LogP contribution in [0, 0.1) is 0 Å². The standard InChI is InChI=1S/C41H41BO/c1-7-30(3)26-32(5)28-42(29-33(6)27-31(4)8-2)38-24-17-23-37-40(38)43-39-25-16-15-22-36(39)41(37,34-18-11-9-12-19-34)35-20-13-10-14-21-35/h7-28H,1,29H2,2-6H3/b30-26-,31-8-,32-28+,33-27-. The Labute approximate surface area is 258 Å². The van der Waals surface area contributed by atoms with Gasteiger partial charge in [-0.2, -0.15) is 0 Å². The number of benzene rings is 4. The first-order valence-electron chi connectivity index (χ1n) is 15.2. The van der Waals surface area contributed by atoms with E-state index >= 15 is 0 Å². The third kappa shape index (κ3) is 6.01. The van der Waals surface area contributed by atoms with Gasteiger partial charge in [0.1, 0.15) is 11.5 Å². The molecule has 0 saturated heterocycles. The van der Waals surface area contributed by atoms with Crippen molar-refractivity contribution in [3.8, 4) is 11.5 Å². The molecule has 0 aliphatic carbocycles. The zero-order chi connectivity index (χ0) is 30.4. The second-order valence-electron chi connectivity index (χ2n) is 11.6. The number of hydrogen-bond acceptors (Lipinski definition) is 1. The second kappa shape index (κ2) is 13.2. The molecule has 0 aromatic heterocycles. The SMILES string of the molecule is C=C/C(C)=C\C(C)=C\B(C/C(C)=C\C(C)=C/C)c1cccc2c1Oc1ccccc1C2(c1ccccc1)c1ccccc1. The van der Waals surface area contributed by atoms with Crippen molar-refractivity contribution in [1.29, 1.82) is 0 Å². The van der Waals surface area contributed by atoms with Crippen LogP contribution < -0.4 is 10.2 Å². The summed E-state index contributed by atoms with van der Waals surface area (Å²) in [5.41, 5.74) is 10.4. The molecule has 1 nitrogen and oxygen atoms in total. The molecule has 1 aliphatic rings. The molecule has 4 aromatic carbocycles. The van der Waals surface area contributed by atoms with E-state index in [1.165, 1.54) is 38.9 Å². The first-order valence-corrected chi connectivity index (χ1v) is 15.2. The molecule has 214 valence electrons. The number of para-hydroxylation sites is 2. The number of fused-ring (bicyclic) bond motifs is 2. The van der Waals surface area contributed by atoms with E-state index in [4.69, 9.17) is 4.74 Å². The van der Waals surface area contributed by atoms with Crippen molar-refractivity contribution in [2.24, 2.45) is 0 Å². The van der Waals surface area contributed by atoms with Crippen LogP contribution in [-0.2, 0) is 5.41 Å². The summed E-state index contributed by atoms with van der Waals surface area (Å²) >= 11 is 0. The molecular formula is C41H41BO. The molecule has 43 heavy (non-hydrogen) atoms. The molecule has 2 heteroatoms. The zero-order valence-electron chi connectivity index (χ0n) is 26.1. The van der Waals surface area contributed by atoms with E-state index in [0.29, 0.717) is 0 Å². The van der Waals surface area contributed by atoms with E-state index in [0.717, 1.165) is 29.0 Å². The monoisotopic (exact) mass is 560 g/mol. The number of allylic oxidation sites excluding steroid dienone is 8. The molecule has 0 amide bonds. The molecule has 0 fully saturated rings. The average molecular weight is 561 g/mol. The Morgan fingerprint density at radius 2 is 1.30 bits per heavy atom. The van der Waals surface area contributed by atoms with E-state index in [9.17, 15) is 0 Å². The minimum absolute atomic E-state index is 0.110. The van der Waals surface area contributed by atoms with Crippen molar-refractivity contribution < 1.29 is 4.74 Å². The van der Waals surface area contributed by atoms with E-state index in [2.05, 4.69) is 169 Å². The molecule has 4 aromatic rings. The van der Waals surface area contributed by atoms with Gasteiger partial charge in [0.2, 0.25) is 6.71 Å². The molecule has 1 heterocycles. The summed E-state index contributed by atoms with van der Waals surface area (Å²) in [7, 11) is 0. The minimum atomic E-state index is -0.530.